The summed E-state index contributed by atoms with van der Waals surface area (Å²) in [5.74, 6) is 0. The van der Waals surface area contributed by atoms with Gasteiger partial charge in [-0.05, 0) is 194 Å². The minimum atomic E-state index is -0.235. The van der Waals surface area contributed by atoms with Crippen LogP contribution in [-0.2, 0) is 32.5 Å². The molecule has 0 saturated carbocycles. The number of hydrogen-bond acceptors (Lipinski definition) is 2. The topological polar surface area (TPSA) is 43.5 Å². The maximum Gasteiger partial charge on any atom is 0.197 e. The lowest BCUT2D eigenvalue weighted by molar-refractivity contribution is 0.590. The van der Waals surface area contributed by atoms with Crippen molar-refractivity contribution in [2.24, 2.45) is 0 Å². The Bertz CT molecular complexity index is 5060. The molecule has 96 heavy (non-hydrogen) atoms. The number of rotatable bonds is 7. The molecule has 0 radical (unpaired) electrons. The second-order valence-corrected chi connectivity index (χ2v) is 33.5. The lowest BCUT2D eigenvalue weighted by Gasteiger charge is -2.23. The minimum Gasteiger partial charge on any atom is -0.308 e. The van der Waals surface area contributed by atoms with Crippen LogP contribution in [0.1, 0.15) is 158 Å². The van der Waals surface area contributed by atoms with Gasteiger partial charge in [0, 0.05) is 49.1 Å². The molecule has 0 N–H and O–H groups in total. The number of pyridine rings is 2. The van der Waals surface area contributed by atoms with E-state index in [-0.39, 0.29) is 43.3 Å². The number of hydrogen-bond donors (Lipinski definition) is 0. The zero-order valence-electron chi connectivity index (χ0n) is 59.5. The number of benzene rings is 11. The lowest BCUT2D eigenvalue weighted by atomic mass is 9.85. The van der Waals surface area contributed by atoms with E-state index in [0.717, 1.165) is 116 Å². The van der Waals surface area contributed by atoms with Gasteiger partial charge in [-0.25, -0.2) is 0 Å². The Morgan fingerprint density at radius 3 is 0.781 bits per heavy atom. The molecule has 3 heterocycles. The predicted molar refractivity (Wildman–Crippen MR) is 413 cm³/mol. The highest BCUT2D eigenvalue weighted by molar-refractivity contribution is 6.18. The summed E-state index contributed by atoms with van der Waals surface area (Å²) in [7, 11) is 0. The van der Waals surface area contributed by atoms with Crippen LogP contribution in [0, 0.1) is 0 Å². The average Bonchev–Trinajstić information content (AvgIpc) is 1.16. The summed E-state index contributed by atoms with van der Waals surface area (Å²) in [4.78, 5) is 32.2. The third-order valence-corrected chi connectivity index (χ3v) is 20.4. The van der Waals surface area contributed by atoms with Crippen molar-refractivity contribution in [3.05, 3.63) is 272 Å². The molecule has 480 valence electrons. The summed E-state index contributed by atoms with van der Waals surface area (Å²) < 4.78 is 4.61. The van der Waals surface area contributed by atoms with Gasteiger partial charge in [-0.2, -0.15) is 0 Å². The lowest BCUT2D eigenvalue weighted by Crippen LogP contribution is -2.18. The molecule has 4 nitrogen and oxygen atoms in total. The van der Waals surface area contributed by atoms with Crippen LogP contribution in [0.25, 0.3) is 132 Å². The Kier molecular flexibility index (Phi) is 14.9. The van der Waals surface area contributed by atoms with Crippen molar-refractivity contribution in [3.8, 4) is 72.4 Å². The fourth-order valence-electron chi connectivity index (χ4n) is 14.5. The van der Waals surface area contributed by atoms with Gasteiger partial charge in [-0.1, -0.05) is 270 Å². The molecule has 3 aromatic heterocycles. The zero-order chi connectivity index (χ0) is 68.1. The Hall–Kier alpha value is -9.64. The molecule has 0 aliphatic carbocycles. The van der Waals surface area contributed by atoms with Crippen LogP contribution >= 0.6 is 0 Å². The average molecular weight is 1260 g/mol. The molecule has 0 aliphatic rings. The summed E-state index contributed by atoms with van der Waals surface area (Å²) >= 11 is 0. The van der Waals surface area contributed by atoms with E-state index in [4.69, 9.17) is 0 Å². The predicted octanol–water partition coefficient (Wildman–Crippen LogP) is 24.4. The molecule has 0 spiro atoms. The van der Waals surface area contributed by atoms with Gasteiger partial charge in [-0.15, -0.1) is 0 Å². The first kappa shape index (κ1) is 63.7. The standard InChI is InChI=1S/C92H90N2O2/c1-87(2,3)65-33-25-55(26-34-65)59-45-60(56-27-35-66(36-28-56)88(4,5)6)48-63(47-59)72-21-19-23-74-75-24-20-22-73(64-49-61(57-29-37-67(38-30-57)89(7,8)9)46-62(50-64)58-31-39-68(40-32-58)90(10,11)12)83(75)93(82(72)74)71-53-78-84-79(54-71)86(96)77-52-70(92(16,17)18)42-44-81(77)94(84)80-43-41-69(91(13,14)15)51-76(80)85(78)95/h19-54H,1-18H3. The van der Waals surface area contributed by atoms with Crippen molar-refractivity contribution in [2.75, 3.05) is 0 Å². The van der Waals surface area contributed by atoms with Crippen molar-refractivity contribution in [3.63, 3.8) is 0 Å². The van der Waals surface area contributed by atoms with E-state index in [9.17, 15) is 0 Å². The van der Waals surface area contributed by atoms with Gasteiger partial charge in [0.15, 0.2) is 10.9 Å². The Morgan fingerprint density at radius 2 is 0.500 bits per heavy atom. The van der Waals surface area contributed by atoms with Gasteiger partial charge in [-0.3, -0.25) is 9.59 Å². The van der Waals surface area contributed by atoms with Gasteiger partial charge in [0.1, 0.15) is 0 Å². The molecule has 14 aromatic rings. The van der Waals surface area contributed by atoms with Crippen LogP contribution in [-0.4, -0.2) is 8.97 Å². The van der Waals surface area contributed by atoms with E-state index in [1.54, 1.807) is 0 Å². The minimum absolute atomic E-state index is 0.0132. The monoisotopic (exact) mass is 1250 g/mol. The summed E-state index contributed by atoms with van der Waals surface area (Å²) in [5.41, 5.74) is 24.5. The largest absolute Gasteiger partial charge is 0.308 e. The third kappa shape index (κ3) is 11.2. The first-order valence-corrected chi connectivity index (χ1v) is 34.4. The van der Waals surface area contributed by atoms with Gasteiger partial charge >= 0.3 is 0 Å². The maximum absolute atomic E-state index is 16.1. The molecule has 0 saturated heterocycles. The highest BCUT2D eigenvalue weighted by atomic mass is 16.1. The fourth-order valence-corrected chi connectivity index (χ4v) is 14.5. The Morgan fingerprint density at radius 1 is 0.229 bits per heavy atom. The van der Waals surface area contributed by atoms with E-state index >= 15 is 9.59 Å². The maximum atomic E-state index is 16.1. The quantitative estimate of drug-likeness (QED) is 0.118. The Balaban J connectivity index is 1.14. The van der Waals surface area contributed by atoms with Crippen LogP contribution in [0.2, 0.25) is 0 Å². The molecular formula is C92H90N2O2. The molecule has 14 rings (SSSR count). The van der Waals surface area contributed by atoms with E-state index in [0.29, 0.717) is 27.1 Å². The van der Waals surface area contributed by atoms with Crippen molar-refractivity contribution < 1.29 is 0 Å². The molecule has 0 bridgehead atoms. The van der Waals surface area contributed by atoms with Crippen molar-refractivity contribution in [1.29, 1.82) is 0 Å². The van der Waals surface area contributed by atoms with Crippen LogP contribution in [0.5, 0.6) is 0 Å². The molecule has 11 aromatic carbocycles. The van der Waals surface area contributed by atoms with E-state index < -0.39 is 0 Å². The smallest absolute Gasteiger partial charge is 0.197 e. The first-order valence-electron chi connectivity index (χ1n) is 34.4. The van der Waals surface area contributed by atoms with Crippen LogP contribution in [0.3, 0.4) is 0 Å². The second-order valence-electron chi connectivity index (χ2n) is 33.5. The Labute approximate surface area is 567 Å². The third-order valence-electron chi connectivity index (χ3n) is 20.4. The summed E-state index contributed by atoms with van der Waals surface area (Å²) in [5, 5.41) is 4.33. The summed E-state index contributed by atoms with van der Waals surface area (Å²) in [6.45, 7) is 40.4. The van der Waals surface area contributed by atoms with Gasteiger partial charge in [0.05, 0.1) is 27.6 Å². The van der Waals surface area contributed by atoms with Gasteiger partial charge < -0.3 is 8.97 Å². The highest BCUT2D eigenvalue weighted by Crippen LogP contribution is 2.47. The molecule has 0 fully saturated rings. The second kappa shape index (κ2) is 22.5. The van der Waals surface area contributed by atoms with E-state index in [2.05, 4.69) is 352 Å². The van der Waals surface area contributed by atoms with Gasteiger partial charge in [0.2, 0.25) is 0 Å². The fraction of sp³-hybridized carbons (Fsp3) is 0.261. The van der Waals surface area contributed by atoms with Crippen LogP contribution in [0.4, 0.5) is 0 Å². The van der Waals surface area contributed by atoms with E-state index in [1.807, 2.05) is 0 Å². The molecular weight excluding hydrogens is 1170 g/mol. The molecule has 0 atom stereocenters. The molecule has 4 heteroatoms. The summed E-state index contributed by atoms with van der Waals surface area (Å²) in [6, 6.07) is 80.9. The van der Waals surface area contributed by atoms with Crippen molar-refractivity contribution in [1.82, 2.24) is 8.97 Å². The highest BCUT2D eigenvalue weighted by Gasteiger charge is 2.28. The zero-order valence-corrected chi connectivity index (χ0v) is 59.5. The number of para-hydroxylation sites is 2. The van der Waals surface area contributed by atoms with E-state index in [1.165, 1.54) is 22.3 Å². The normalized spacial score (nSPS) is 13.0. The number of aromatic nitrogens is 2. The number of fused-ring (bicyclic) bond motifs is 7. The first-order chi connectivity index (χ1) is 45.2. The number of nitrogens with zero attached hydrogens (tertiary/aromatic N) is 2. The van der Waals surface area contributed by atoms with Crippen molar-refractivity contribution >= 4 is 59.9 Å². The SMILES string of the molecule is CC(C)(C)c1ccc(-c2cc(-c3ccc(C(C)(C)C)cc3)cc(-c3cccc4c5cccc(-c6cc(-c7ccc(C(C)(C)C)cc7)cc(-c7ccc(C(C)(C)C)cc7)c6)c5n(-c5cc6c(=O)c7cc(C(C)(C)C)ccc7n7c8ccc(C(C)(C)C)cc8c(=O)c(c5)c67)c34)c2)cc1. The molecule has 0 aliphatic heterocycles. The van der Waals surface area contributed by atoms with Gasteiger partial charge in [0.25, 0.3) is 0 Å². The molecule has 0 unspecified atom stereocenters. The van der Waals surface area contributed by atoms with Crippen molar-refractivity contribution in [2.45, 2.75) is 157 Å². The summed E-state index contributed by atoms with van der Waals surface area (Å²) in [6.07, 6.45) is 0. The molecule has 0 amide bonds. The van der Waals surface area contributed by atoms with Crippen LogP contribution in [0.15, 0.2) is 228 Å². The van der Waals surface area contributed by atoms with Crippen LogP contribution < -0.4 is 10.9 Å².